The molecule has 0 bridgehead atoms. The molecule has 0 unspecified atom stereocenters. The zero-order valence-electron chi connectivity index (χ0n) is 13.9. The monoisotopic (exact) mass is 321 g/mol. The molecule has 0 amide bonds. The first-order chi connectivity index (χ1) is 11.0. The second kappa shape index (κ2) is 6.98. The molecule has 7 nitrogen and oxygen atoms in total. The molecule has 3 heterocycles. The van der Waals surface area contributed by atoms with Gasteiger partial charge >= 0.3 is 0 Å². The van der Waals surface area contributed by atoms with Crippen LogP contribution in [0.5, 0.6) is 0 Å². The molecule has 2 aliphatic heterocycles. The lowest BCUT2D eigenvalue weighted by Gasteiger charge is -2.37. The third-order valence-corrected chi connectivity index (χ3v) is 4.75. The highest BCUT2D eigenvalue weighted by molar-refractivity contribution is 5.39. The van der Waals surface area contributed by atoms with Crippen LogP contribution in [0.25, 0.3) is 0 Å². The molecule has 3 N–H and O–H groups in total. The third-order valence-electron chi connectivity index (χ3n) is 4.75. The van der Waals surface area contributed by atoms with Gasteiger partial charge in [0.2, 0.25) is 5.95 Å². The lowest BCUT2D eigenvalue weighted by molar-refractivity contribution is -0.0725. The Morgan fingerprint density at radius 2 is 1.91 bits per heavy atom. The first-order valence-corrected chi connectivity index (χ1v) is 8.37. The molecule has 0 aliphatic carbocycles. The first kappa shape index (κ1) is 16.4. The highest BCUT2D eigenvalue weighted by Gasteiger charge is 2.36. The summed E-state index contributed by atoms with van der Waals surface area (Å²) in [6.07, 6.45) is 2.21. The normalized spacial score (nSPS) is 32.4. The van der Waals surface area contributed by atoms with Crippen molar-refractivity contribution in [2.24, 2.45) is 11.8 Å². The van der Waals surface area contributed by atoms with Crippen molar-refractivity contribution < 1.29 is 9.84 Å². The van der Waals surface area contributed by atoms with Crippen molar-refractivity contribution in [3.63, 3.8) is 0 Å². The molecule has 1 aromatic heterocycles. The van der Waals surface area contributed by atoms with Gasteiger partial charge in [-0.2, -0.15) is 4.98 Å². The summed E-state index contributed by atoms with van der Waals surface area (Å²) < 4.78 is 5.80. The minimum Gasteiger partial charge on any atom is -0.396 e. The van der Waals surface area contributed by atoms with Crippen molar-refractivity contribution in [3.8, 4) is 0 Å². The van der Waals surface area contributed by atoms with Crippen LogP contribution >= 0.6 is 0 Å². The Balaban J connectivity index is 1.65. The highest BCUT2D eigenvalue weighted by atomic mass is 16.5. The lowest BCUT2D eigenvalue weighted by atomic mass is 9.96. The Bertz CT molecular complexity index is 519. The van der Waals surface area contributed by atoms with Crippen LogP contribution in [0.2, 0.25) is 0 Å². The van der Waals surface area contributed by atoms with Crippen molar-refractivity contribution in [3.05, 3.63) is 12.3 Å². The van der Waals surface area contributed by atoms with Gasteiger partial charge in [-0.25, -0.2) is 4.98 Å². The Kier molecular flexibility index (Phi) is 4.99. The summed E-state index contributed by atoms with van der Waals surface area (Å²) in [5.74, 6) is 1.79. The van der Waals surface area contributed by atoms with Gasteiger partial charge in [-0.05, 0) is 25.8 Å². The van der Waals surface area contributed by atoms with Gasteiger partial charge in [0, 0.05) is 51.4 Å². The van der Waals surface area contributed by atoms with E-state index in [9.17, 15) is 5.11 Å². The van der Waals surface area contributed by atoms with E-state index in [-0.39, 0.29) is 24.7 Å². The fraction of sp³-hybridized carbons (Fsp3) is 0.750. The Morgan fingerprint density at radius 1 is 1.22 bits per heavy atom. The van der Waals surface area contributed by atoms with E-state index in [4.69, 9.17) is 10.5 Å². The lowest BCUT2D eigenvalue weighted by Crippen LogP contribution is -2.48. The summed E-state index contributed by atoms with van der Waals surface area (Å²) in [5, 5.41) is 9.75. The molecule has 0 radical (unpaired) electrons. The van der Waals surface area contributed by atoms with Crippen molar-refractivity contribution in [1.29, 1.82) is 0 Å². The number of nitrogens with two attached hydrogens (primary N) is 1. The van der Waals surface area contributed by atoms with E-state index in [1.165, 1.54) is 0 Å². The molecule has 0 spiro atoms. The number of morpholine rings is 1. The first-order valence-electron chi connectivity index (χ1n) is 8.37. The molecule has 2 fully saturated rings. The molecular weight excluding hydrogens is 294 g/mol. The number of nitrogens with zero attached hydrogens (tertiary/aromatic N) is 4. The zero-order chi connectivity index (χ0) is 16.4. The molecule has 0 aromatic carbocycles. The number of aliphatic hydroxyl groups is 1. The molecule has 128 valence electrons. The summed E-state index contributed by atoms with van der Waals surface area (Å²) in [6.45, 7) is 8.94. The van der Waals surface area contributed by atoms with Gasteiger partial charge in [0.15, 0.2) is 0 Å². The van der Waals surface area contributed by atoms with Gasteiger partial charge in [0.25, 0.3) is 0 Å². The van der Waals surface area contributed by atoms with Gasteiger partial charge < -0.3 is 20.5 Å². The number of hydrogen-bond donors (Lipinski definition) is 2. The summed E-state index contributed by atoms with van der Waals surface area (Å²) in [7, 11) is 0. The van der Waals surface area contributed by atoms with E-state index in [0.717, 1.165) is 32.7 Å². The van der Waals surface area contributed by atoms with Crippen LogP contribution in [0.3, 0.4) is 0 Å². The minimum absolute atomic E-state index is 0.193. The van der Waals surface area contributed by atoms with Crippen molar-refractivity contribution in [2.45, 2.75) is 26.1 Å². The van der Waals surface area contributed by atoms with E-state index in [0.29, 0.717) is 17.7 Å². The van der Waals surface area contributed by atoms with E-state index >= 15 is 0 Å². The quantitative estimate of drug-likeness (QED) is 0.820. The summed E-state index contributed by atoms with van der Waals surface area (Å²) >= 11 is 0. The van der Waals surface area contributed by atoms with Gasteiger partial charge in [-0.1, -0.05) is 0 Å². The van der Waals surface area contributed by atoms with Crippen molar-refractivity contribution in [1.82, 2.24) is 14.9 Å². The SMILES string of the molecule is C[C@@H]1CN(C[C@H]2CN(c3nccc(N)n3)C[C@H]2CO)C[C@H](C)O1. The maximum Gasteiger partial charge on any atom is 0.227 e. The summed E-state index contributed by atoms with van der Waals surface area (Å²) in [5.41, 5.74) is 5.76. The van der Waals surface area contributed by atoms with Crippen LogP contribution in [-0.2, 0) is 4.74 Å². The van der Waals surface area contributed by atoms with Gasteiger partial charge in [0.05, 0.1) is 12.2 Å². The summed E-state index contributed by atoms with van der Waals surface area (Å²) in [4.78, 5) is 13.2. The number of hydrogen-bond acceptors (Lipinski definition) is 7. The van der Waals surface area contributed by atoms with Gasteiger partial charge in [0.1, 0.15) is 5.82 Å². The third kappa shape index (κ3) is 3.91. The largest absolute Gasteiger partial charge is 0.396 e. The fourth-order valence-corrected chi connectivity index (χ4v) is 3.80. The maximum atomic E-state index is 9.75. The van der Waals surface area contributed by atoms with Crippen LogP contribution in [0.4, 0.5) is 11.8 Å². The van der Waals surface area contributed by atoms with E-state index in [1.807, 2.05) is 0 Å². The number of ether oxygens (including phenoxy) is 1. The molecular formula is C16H27N5O2. The van der Waals surface area contributed by atoms with Crippen LogP contribution < -0.4 is 10.6 Å². The number of aromatic nitrogens is 2. The molecule has 3 rings (SSSR count). The molecule has 23 heavy (non-hydrogen) atoms. The van der Waals surface area contributed by atoms with Crippen LogP contribution in [0, 0.1) is 11.8 Å². The average Bonchev–Trinajstić information content (AvgIpc) is 2.89. The summed E-state index contributed by atoms with van der Waals surface area (Å²) in [6, 6.07) is 1.69. The average molecular weight is 321 g/mol. The Morgan fingerprint density at radius 3 is 2.57 bits per heavy atom. The second-order valence-corrected chi connectivity index (χ2v) is 6.87. The molecule has 2 saturated heterocycles. The molecule has 4 atom stereocenters. The molecule has 1 aromatic rings. The van der Waals surface area contributed by atoms with Crippen LogP contribution in [0.15, 0.2) is 12.3 Å². The molecule has 0 saturated carbocycles. The second-order valence-electron chi connectivity index (χ2n) is 6.87. The van der Waals surface area contributed by atoms with Crippen molar-refractivity contribution >= 4 is 11.8 Å². The number of nitrogen functional groups attached to an aromatic ring is 1. The Labute approximate surface area is 137 Å². The zero-order valence-corrected chi connectivity index (χ0v) is 13.9. The van der Waals surface area contributed by atoms with Crippen LogP contribution in [0.1, 0.15) is 13.8 Å². The minimum atomic E-state index is 0.193. The number of anilines is 2. The van der Waals surface area contributed by atoms with Gasteiger partial charge in [-0.15, -0.1) is 0 Å². The van der Waals surface area contributed by atoms with Crippen LogP contribution in [-0.4, -0.2) is 71.5 Å². The maximum absolute atomic E-state index is 9.75. The number of aliphatic hydroxyl groups excluding tert-OH is 1. The van der Waals surface area contributed by atoms with E-state index < -0.39 is 0 Å². The highest BCUT2D eigenvalue weighted by Crippen LogP contribution is 2.28. The van der Waals surface area contributed by atoms with Crippen molar-refractivity contribution in [2.75, 3.05) is 50.0 Å². The smallest absolute Gasteiger partial charge is 0.227 e. The number of rotatable bonds is 4. The molecule has 7 heteroatoms. The van der Waals surface area contributed by atoms with Gasteiger partial charge in [-0.3, -0.25) is 4.90 Å². The fourth-order valence-electron chi connectivity index (χ4n) is 3.80. The predicted molar refractivity (Wildman–Crippen MR) is 89.2 cm³/mol. The van der Waals surface area contributed by atoms with E-state index in [1.54, 1.807) is 12.3 Å². The topological polar surface area (TPSA) is 87.7 Å². The standard InChI is InChI=1S/C16H27N5O2/c1-11-5-20(6-12(2)23-11)7-13-8-21(9-14(13)10-22)16-18-4-3-15(17)19-16/h3-4,11-14,22H,5-10H2,1-2H3,(H2,17,18,19)/t11-,12+,13-,14-/m0/s1. The Hall–Kier alpha value is -1.44. The molecule has 2 aliphatic rings. The predicted octanol–water partition coefficient (Wildman–Crippen LogP) is 0.213. The van der Waals surface area contributed by atoms with E-state index in [2.05, 4.69) is 33.6 Å².